The maximum atomic E-state index is 4.23. The van der Waals surface area contributed by atoms with E-state index in [1.807, 2.05) is 18.5 Å². The van der Waals surface area contributed by atoms with E-state index in [-0.39, 0.29) is 0 Å². The van der Waals surface area contributed by atoms with Crippen molar-refractivity contribution >= 4 is 5.69 Å². The first kappa shape index (κ1) is 13.1. The summed E-state index contributed by atoms with van der Waals surface area (Å²) in [7, 11) is 0. The van der Waals surface area contributed by atoms with Crippen molar-refractivity contribution in [2.75, 3.05) is 11.4 Å². The summed E-state index contributed by atoms with van der Waals surface area (Å²) in [5.41, 5.74) is 3.99. The van der Waals surface area contributed by atoms with Crippen molar-refractivity contribution in [3.63, 3.8) is 0 Å². The van der Waals surface area contributed by atoms with Gasteiger partial charge in [0.05, 0.1) is 0 Å². The quantitative estimate of drug-likeness (QED) is 0.926. The molecule has 3 heteroatoms. The highest BCUT2D eigenvalue weighted by molar-refractivity contribution is 5.55. The second-order valence-corrected chi connectivity index (χ2v) is 5.36. The highest BCUT2D eigenvalue weighted by Gasteiger charge is 2.20. The molecule has 104 valence electrons. The van der Waals surface area contributed by atoms with Crippen molar-refractivity contribution in [3.8, 4) is 0 Å². The lowest BCUT2D eigenvalue weighted by atomic mass is 10.1. The summed E-state index contributed by atoms with van der Waals surface area (Å²) in [5.74, 6) is 0. The van der Waals surface area contributed by atoms with E-state index in [9.17, 15) is 0 Å². The van der Waals surface area contributed by atoms with E-state index in [0.717, 1.165) is 26.1 Å². The number of rotatable bonds is 3. The Morgan fingerprint density at radius 2 is 2.15 bits per heavy atom. The van der Waals surface area contributed by atoms with E-state index in [0.29, 0.717) is 6.04 Å². The summed E-state index contributed by atoms with van der Waals surface area (Å²) < 4.78 is 0. The predicted octanol–water partition coefficient (Wildman–Crippen LogP) is 2.97. The van der Waals surface area contributed by atoms with Crippen LogP contribution in [0.15, 0.2) is 48.8 Å². The lowest BCUT2D eigenvalue weighted by Gasteiger charge is -2.27. The average Bonchev–Trinajstić information content (AvgIpc) is 2.68. The van der Waals surface area contributed by atoms with Gasteiger partial charge in [-0.2, -0.15) is 0 Å². The Bertz CT molecular complexity index is 553. The van der Waals surface area contributed by atoms with Gasteiger partial charge in [-0.05, 0) is 29.7 Å². The number of para-hydroxylation sites is 1. The Labute approximate surface area is 120 Å². The van der Waals surface area contributed by atoms with Crippen LogP contribution in [0.4, 0.5) is 5.69 Å². The molecule has 0 radical (unpaired) electrons. The number of nitrogens with zero attached hydrogens (tertiary/aromatic N) is 2. The van der Waals surface area contributed by atoms with E-state index >= 15 is 0 Å². The molecule has 0 bridgehead atoms. The molecular weight excluding hydrogens is 246 g/mol. The van der Waals surface area contributed by atoms with Crippen LogP contribution in [0.3, 0.4) is 0 Å². The molecule has 1 aromatic heterocycles. The number of hydrogen-bond acceptors (Lipinski definition) is 3. The molecule has 1 atom stereocenters. The third-order valence-electron chi connectivity index (χ3n) is 3.94. The average molecular weight is 267 g/mol. The first-order chi connectivity index (χ1) is 9.86. The summed E-state index contributed by atoms with van der Waals surface area (Å²) in [6.45, 7) is 5.17. The fourth-order valence-electron chi connectivity index (χ4n) is 2.79. The van der Waals surface area contributed by atoms with Crippen LogP contribution in [0.2, 0.25) is 0 Å². The maximum absolute atomic E-state index is 4.23. The first-order valence-electron chi connectivity index (χ1n) is 7.32. The summed E-state index contributed by atoms with van der Waals surface area (Å²) in [4.78, 5) is 6.70. The highest BCUT2D eigenvalue weighted by atomic mass is 15.2. The number of fused-ring (bicyclic) bond motifs is 1. The Morgan fingerprint density at radius 3 is 2.95 bits per heavy atom. The molecule has 2 heterocycles. The van der Waals surface area contributed by atoms with Gasteiger partial charge in [0.15, 0.2) is 0 Å². The highest BCUT2D eigenvalue weighted by Crippen LogP contribution is 2.25. The lowest BCUT2D eigenvalue weighted by molar-refractivity contribution is 0.502. The number of anilines is 1. The van der Waals surface area contributed by atoms with E-state index < -0.39 is 0 Å². The van der Waals surface area contributed by atoms with Crippen molar-refractivity contribution in [3.05, 3.63) is 59.9 Å². The molecule has 3 rings (SSSR count). The van der Waals surface area contributed by atoms with Crippen molar-refractivity contribution in [2.45, 2.75) is 32.5 Å². The van der Waals surface area contributed by atoms with Gasteiger partial charge in [-0.15, -0.1) is 0 Å². The minimum Gasteiger partial charge on any atom is -0.365 e. The van der Waals surface area contributed by atoms with Gasteiger partial charge in [-0.25, -0.2) is 0 Å². The van der Waals surface area contributed by atoms with Crippen molar-refractivity contribution in [1.29, 1.82) is 0 Å². The number of hydrogen-bond donors (Lipinski definition) is 1. The van der Waals surface area contributed by atoms with Gasteiger partial charge in [-0.1, -0.05) is 31.2 Å². The van der Waals surface area contributed by atoms with Crippen LogP contribution in [-0.4, -0.2) is 17.6 Å². The van der Waals surface area contributed by atoms with Crippen LogP contribution >= 0.6 is 0 Å². The molecule has 0 amide bonds. The topological polar surface area (TPSA) is 28.2 Å². The Kier molecular flexibility index (Phi) is 3.97. The third-order valence-corrected chi connectivity index (χ3v) is 3.94. The minimum atomic E-state index is 0.541. The maximum Gasteiger partial charge on any atom is 0.0445 e. The van der Waals surface area contributed by atoms with E-state index in [2.05, 4.69) is 52.5 Å². The molecule has 0 saturated heterocycles. The Morgan fingerprint density at radius 1 is 1.25 bits per heavy atom. The molecule has 1 aromatic carbocycles. The smallest absolute Gasteiger partial charge is 0.0445 e. The third kappa shape index (κ3) is 2.83. The molecule has 1 aliphatic heterocycles. The molecule has 0 fully saturated rings. The van der Waals surface area contributed by atoms with Crippen LogP contribution in [-0.2, 0) is 13.1 Å². The van der Waals surface area contributed by atoms with Crippen LogP contribution in [0.1, 0.15) is 24.5 Å². The standard InChI is InChI=1S/C17H21N3/c1-2-16-13-20(12-14-6-5-9-18-10-14)17-8-4-3-7-15(17)11-19-16/h3-10,16,19H,2,11-13H2,1H3. The van der Waals surface area contributed by atoms with Crippen LogP contribution in [0.5, 0.6) is 0 Å². The molecule has 3 nitrogen and oxygen atoms in total. The van der Waals surface area contributed by atoms with Crippen LogP contribution in [0, 0.1) is 0 Å². The van der Waals surface area contributed by atoms with Gasteiger partial charge in [0.2, 0.25) is 0 Å². The Balaban J connectivity index is 1.89. The van der Waals surface area contributed by atoms with Crippen molar-refractivity contribution in [1.82, 2.24) is 10.3 Å². The molecule has 1 unspecified atom stereocenters. The van der Waals surface area contributed by atoms with Gasteiger partial charge >= 0.3 is 0 Å². The van der Waals surface area contributed by atoms with Gasteiger partial charge in [-0.3, -0.25) is 4.98 Å². The Hall–Kier alpha value is -1.87. The fourth-order valence-corrected chi connectivity index (χ4v) is 2.79. The van der Waals surface area contributed by atoms with Gasteiger partial charge in [0.25, 0.3) is 0 Å². The normalized spacial score (nSPS) is 18.4. The van der Waals surface area contributed by atoms with Crippen LogP contribution < -0.4 is 10.2 Å². The molecule has 20 heavy (non-hydrogen) atoms. The minimum absolute atomic E-state index is 0.541. The molecule has 0 saturated carbocycles. The fraction of sp³-hybridized carbons (Fsp3) is 0.353. The zero-order chi connectivity index (χ0) is 13.8. The van der Waals surface area contributed by atoms with E-state index in [4.69, 9.17) is 0 Å². The number of pyridine rings is 1. The first-order valence-corrected chi connectivity index (χ1v) is 7.32. The molecule has 0 aliphatic carbocycles. The molecule has 2 aromatic rings. The summed E-state index contributed by atoms with van der Waals surface area (Å²) in [5, 5.41) is 3.65. The molecule has 0 spiro atoms. The lowest BCUT2D eigenvalue weighted by Crippen LogP contribution is -2.37. The number of nitrogens with one attached hydrogen (secondary N) is 1. The number of benzene rings is 1. The monoisotopic (exact) mass is 267 g/mol. The van der Waals surface area contributed by atoms with E-state index in [1.165, 1.54) is 16.8 Å². The molecule has 1 aliphatic rings. The van der Waals surface area contributed by atoms with Crippen molar-refractivity contribution in [2.24, 2.45) is 0 Å². The van der Waals surface area contributed by atoms with Gasteiger partial charge < -0.3 is 10.2 Å². The second-order valence-electron chi connectivity index (χ2n) is 5.36. The van der Waals surface area contributed by atoms with Crippen LogP contribution in [0.25, 0.3) is 0 Å². The number of aromatic nitrogens is 1. The van der Waals surface area contributed by atoms with E-state index in [1.54, 1.807) is 0 Å². The summed E-state index contributed by atoms with van der Waals surface area (Å²) in [6, 6.07) is 13.4. The zero-order valence-electron chi connectivity index (χ0n) is 11.9. The molecule has 1 N–H and O–H groups in total. The summed E-state index contributed by atoms with van der Waals surface area (Å²) >= 11 is 0. The van der Waals surface area contributed by atoms with Crippen molar-refractivity contribution < 1.29 is 0 Å². The zero-order valence-corrected chi connectivity index (χ0v) is 11.9. The SMILES string of the molecule is CCC1CN(Cc2cccnc2)c2ccccc2CN1. The second kappa shape index (κ2) is 6.06. The van der Waals surface area contributed by atoms with Gasteiger partial charge in [0, 0.05) is 43.8 Å². The predicted molar refractivity (Wildman–Crippen MR) is 82.6 cm³/mol. The largest absolute Gasteiger partial charge is 0.365 e. The summed E-state index contributed by atoms with van der Waals surface area (Å²) in [6.07, 6.45) is 4.94. The van der Waals surface area contributed by atoms with Gasteiger partial charge in [0.1, 0.15) is 0 Å². The molecular formula is C17H21N3.